The molecule has 5 unspecified atom stereocenters. The van der Waals surface area contributed by atoms with E-state index in [-0.39, 0.29) is 38.8 Å². The lowest BCUT2D eigenvalue weighted by Crippen LogP contribution is -2.66. The molecule has 93 heavy (non-hydrogen) atoms. The second-order valence-corrected chi connectivity index (χ2v) is 24.0. The van der Waals surface area contributed by atoms with Crippen molar-refractivity contribution in [2.45, 2.75) is 187 Å². The normalized spacial score (nSPS) is 25.4. The molecule has 2 saturated heterocycles. The van der Waals surface area contributed by atoms with Gasteiger partial charge in [0.1, 0.15) is 60.9 Å². The minimum Gasteiger partial charge on any atom is -0.481 e. The molecule has 18 N–H and O–H groups in total. The number of carboxylic acid groups (broad SMARTS) is 4. The van der Waals surface area contributed by atoms with Gasteiger partial charge in [0, 0.05) is 12.6 Å². The number of allylic oxidation sites excluding steroid dienone is 3. The van der Waals surface area contributed by atoms with Crippen LogP contribution in [0.3, 0.4) is 0 Å². The lowest BCUT2D eigenvalue weighted by atomic mass is 9.97. The number of carboxylic acids is 4. The first-order valence-electron chi connectivity index (χ1n) is 30.7. The summed E-state index contributed by atoms with van der Waals surface area (Å²) in [5, 5.41) is 74.7. The average Bonchev–Trinajstić information content (AvgIpc) is 2.20. The molecule has 520 valence electrons. The summed E-state index contributed by atoms with van der Waals surface area (Å²) in [6, 6.07) is -18.8. The van der Waals surface area contributed by atoms with Crippen LogP contribution < -0.4 is 64.2 Å². The number of nitrogens with one attached hydrogen (secondary N) is 11. The molecule has 0 saturated carbocycles. The topological polar surface area (TPSA) is 536 Å². The Labute approximate surface area is 537 Å². The van der Waals surface area contributed by atoms with E-state index in [1.54, 1.807) is 19.1 Å². The van der Waals surface area contributed by atoms with Crippen molar-refractivity contribution in [3.8, 4) is 0 Å². The van der Waals surface area contributed by atoms with Crippen LogP contribution in [0.5, 0.6) is 0 Å². The molecule has 2 fully saturated rings. The van der Waals surface area contributed by atoms with Crippen LogP contribution in [0.2, 0.25) is 0 Å². The Kier molecular flexibility index (Phi) is 33.3. The number of nitrogens with zero attached hydrogens (tertiary/aromatic N) is 1. The summed E-state index contributed by atoms with van der Waals surface area (Å²) in [6.45, 7) is 12.9. The van der Waals surface area contributed by atoms with Gasteiger partial charge >= 0.3 is 23.9 Å². The molecule has 0 aromatic rings. The van der Waals surface area contributed by atoms with Crippen molar-refractivity contribution in [2.75, 3.05) is 26.2 Å². The lowest BCUT2D eigenvalue weighted by Gasteiger charge is -2.34. The molecule has 15 atom stereocenters. The highest BCUT2D eigenvalue weighted by Crippen LogP contribution is 2.26. The van der Waals surface area contributed by atoms with Crippen LogP contribution in [0.15, 0.2) is 24.3 Å². The Balaban J connectivity index is 3.02. The van der Waals surface area contributed by atoms with Gasteiger partial charge in [-0.1, -0.05) is 80.0 Å². The maximum atomic E-state index is 15.0. The van der Waals surface area contributed by atoms with Gasteiger partial charge in [0.15, 0.2) is 6.10 Å². The second-order valence-electron chi connectivity index (χ2n) is 24.0. The van der Waals surface area contributed by atoms with E-state index in [0.717, 1.165) is 37.7 Å². The fourth-order valence-electron chi connectivity index (χ4n) is 9.74. The molecule has 0 aromatic heterocycles. The summed E-state index contributed by atoms with van der Waals surface area (Å²) in [5.74, 6) is -26.8. The molecule has 2 aliphatic heterocycles. The number of unbranched alkanes of at least 4 members (excludes halogenated alkanes) is 1. The molecule has 2 rings (SSSR count). The first-order valence-corrected chi connectivity index (χ1v) is 30.7. The highest BCUT2D eigenvalue weighted by atomic mass is 16.4. The van der Waals surface area contributed by atoms with E-state index in [9.17, 15) is 102 Å². The van der Waals surface area contributed by atoms with Gasteiger partial charge in [0.25, 0.3) is 0 Å². The third-order valence-corrected chi connectivity index (χ3v) is 15.6. The largest absolute Gasteiger partial charge is 0.481 e. The standard InChI is InChI=1S/C59H93N13O21/c1-11-29(6)18-14-12-13-15-20-37(73)66-43(31(8)48(80)62-25-40(77)78)53(85)70-45-33(10)63-51(83)36-22-30(7)26-72(36)57(89)42(28(4)5)69-54(86)44(32(9)58(90)91)67-38(74)24-61-49(81)35(23-39(75)76)65-56(88)46(47(79)59(92)93)71-50(82)34(19-16-17-21-60)64-52(84)41(27(2)3)68-55(45)87/h12-13,15,20,27-36,41-47,79H,11,14,16-19,21-26,60H2,1-10H3,(H,61,81)(H,62,80)(H,63,83)(H,64,84)(H,65,88)(H,66,73)(H,67,74)(H,68,87)(H,69,86)(H,70,85)(H,71,82)(H,75,76)(H,77,78)(H,90,91)(H,92,93)/b13-12-,20-15+/t29?,30-,31?,32?,33?,34+,35+,36+,41-,42+,43+,44-,45+,46+,47?/m1/s1. The molecule has 34 nitrogen and oxygen atoms in total. The van der Waals surface area contributed by atoms with E-state index in [4.69, 9.17) is 5.73 Å². The van der Waals surface area contributed by atoms with Crippen molar-refractivity contribution in [3.05, 3.63) is 24.3 Å². The summed E-state index contributed by atoms with van der Waals surface area (Å²) in [4.78, 5) is 219. The van der Waals surface area contributed by atoms with E-state index >= 15 is 0 Å². The van der Waals surface area contributed by atoms with Crippen molar-refractivity contribution in [1.82, 2.24) is 63.4 Å². The highest BCUT2D eigenvalue weighted by Gasteiger charge is 2.46. The monoisotopic (exact) mass is 1320 g/mol. The molecule has 12 amide bonds. The molecular weight excluding hydrogens is 1230 g/mol. The Bertz CT molecular complexity index is 2800. The highest BCUT2D eigenvalue weighted by molar-refractivity contribution is 6.02. The van der Waals surface area contributed by atoms with Crippen LogP contribution in [0.25, 0.3) is 0 Å². The number of rotatable bonds is 25. The van der Waals surface area contributed by atoms with Crippen LogP contribution >= 0.6 is 0 Å². The van der Waals surface area contributed by atoms with Crippen LogP contribution in [0.1, 0.15) is 121 Å². The first-order chi connectivity index (χ1) is 43.5. The Morgan fingerprint density at radius 3 is 1.82 bits per heavy atom. The summed E-state index contributed by atoms with van der Waals surface area (Å²) >= 11 is 0. The Hall–Kier alpha value is -9.08. The predicted octanol–water partition coefficient (Wildman–Crippen LogP) is -4.41. The third-order valence-electron chi connectivity index (χ3n) is 15.6. The molecule has 34 heteroatoms. The summed E-state index contributed by atoms with van der Waals surface area (Å²) in [6.07, 6.45) is 3.94. The molecular formula is C59H93N13O21. The SMILES string of the molecule is CCC(C)CC/C=C\C=C\C(=O)N[C@H](C(=O)N[C@@H]1C(=O)N[C@H](C(C)C)C(=O)N[C@@H](CCCCN)C(=O)N[C@@H](C(O)C(=O)O)C(=O)N[C@@H](CC(=O)O)C(=O)NCC(=O)N[C@H](C(C)C(=O)O)C(=O)N[C@@H](C(C)C)C(=O)N2C[C@H](C)C[C@H]2C(=O)NC1C)C(C)C(=O)NCC(=O)O. The minimum absolute atomic E-state index is 0.0409. The number of carbonyl (C=O) groups is 16. The smallest absolute Gasteiger partial charge is 0.335 e. The molecule has 2 heterocycles. The van der Waals surface area contributed by atoms with Crippen molar-refractivity contribution < 1.29 is 102 Å². The van der Waals surface area contributed by atoms with Gasteiger partial charge in [-0.3, -0.25) is 71.9 Å². The van der Waals surface area contributed by atoms with Gasteiger partial charge in [-0.15, -0.1) is 0 Å². The number of hydrogen-bond acceptors (Lipinski definition) is 18. The average molecular weight is 1320 g/mol. The number of hydrogen-bond donors (Lipinski definition) is 17. The van der Waals surface area contributed by atoms with Gasteiger partial charge < -0.3 is 94.7 Å². The van der Waals surface area contributed by atoms with Gasteiger partial charge in [-0.25, -0.2) is 4.79 Å². The minimum atomic E-state index is -2.85. The van der Waals surface area contributed by atoms with E-state index in [0.29, 0.717) is 12.3 Å². The predicted molar refractivity (Wildman–Crippen MR) is 327 cm³/mol. The van der Waals surface area contributed by atoms with Crippen molar-refractivity contribution in [1.29, 1.82) is 0 Å². The summed E-state index contributed by atoms with van der Waals surface area (Å²) in [7, 11) is 0. The van der Waals surface area contributed by atoms with Crippen molar-refractivity contribution in [3.63, 3.8) is 0 Å². The van der Waals surface area contributed by atoms with Crippen molar-refractivity contribution >= 4 is 94.8 Å². The van der Waals surface area contributed by atoms with Gasteiger partial charge in [-0.05, 0) is 82.6 Å². The van der Waals surface area contributed by atoms with Gasteiger partial charge in [0.2, 0.25) is 70.9 Å². The van der Waals surface area contributed by atoms with E-state index in [2.05, 4.69) is 49.5 Å². The first kappa shape index (κ1) is 80.0. The van der Waals surface area contributed by atoms with Gasteiger partial charge in [0.05, 0.1) is 30.8 Å². The van der Waals surface area contributed by atoms with Gasteiger partial charge in [-0.2, -0.15) is 0 Å². The van der Waals surface area contributed by atoms with Crippen LogP contribution in [-0.4, -0.2) is 218 Å². The second kappa shape index (κ2) is 38.7. The number of aliphatic carboxylic acids is 4. The molecule has 0 aromatic carbocycles. The molecule has 2 aliphatic rings. The summed E-state index contributed by atoms with van der Waals surface area (Å²) in [5.41, 5.74) is 5.71. The van der Waals surface area contributed by atoms with E-state index < -0.39 is 210 Å². The number of carbonyl (C=O) groups excluding carboxylic acids is 12. The quantitative estimate of drug-likeness (QED) is 0.0233. The number of aliphatic hydroxyl groups excluding tert-OH is 1. The number of nitrogens with two attached hydrogens (primary N) is 1. The third kappa shape index (κ3) is 25.9. The fraction of sp³-hybridized carbons (Fsp3) is 0.661. The maximum Gasteiger partial charge on any atom is 0.335 e. The molecule has 0 spiro atoms. The number of fused-ring (bicyclic) bond motifs is 1. The van der Waals surface area contributed by atoms with Crippen LogP contribution in [0, 0.1) is 35.5 Å². The molecule has 0 radical (unpaired) electrons. The Morgan fingerprint density at radius 1 is 0.656 bits per heavy atom. The molecule has 0 bridgehead atoms. The van der Waals surface area contributed by atoms with E-state index in [1.165, 1.54) is 40.7 Å². The van der Waals surface area contributed by atoms with Crippen LogP contribution in [0.4, 0.5) is 0 Å². The number of aliphatic hydroxyl groups is 1. The fourth-order valence-corrected chi connectivity index (χ4v) is 9.74. The lowest BCUT2D eigenvalue weighted by molar-refractivity contribution is -0.153. The van der Waals surface area contributed by atoms with Crippen LogP contribution in [-0.2, 0) is 76.7 Å². The zero-order chi connectivity index (χ0) is 70.7. The zero-order valence-electron chi connectivity index (χ0n) is 53.9. The van der Waals surface area contributed by atoms with E-state index in [1.807, 2.05) is 22.9 Å². The van der Waals surface area contributed by atoms with Crippen molar-refractivity contribution in [2.24, 2.45) is 41.2 Å². The number of amides is 12. The molecule has 0 aliphatic carbocycles. The Morgan fingerprint density at radius 2 is 1.25 bits per heavy atom. The maximum absolute atomic E-state index is 15.0. The zero-order valence-corrected chi connectivity index (χ0v) is 53.9. The summed E-state index contributed by atoms with van der Waals surface area (Å²) < 4.78 is 0.